The number of nitrogens with zero attached hydrogens (tertiary/aromatic N) is 2. The summed E-state index contributed by atoms with van der Waals surface area (Å²) in [5.74, 6) is -0.836. The number of carbonyl (C=O) groups is 2. The Morgan fingerprint density at radius 2 is 1.84 bits per heavy atom. The van der Waals surface area contributed by atoms with Crippen molar-refractivity contribution in [2.24, 2.45) is 0 Å². The van der Waals surface area contributed by atoms with Crippen molar-refractivity contribution in [2.45, 2.75) is 29.2 Å². The van der Waals surface area contributed by atoms with E-state index < -0.39 is 22.7 Å². The number of benzene rings is 1. The number of carbonyl (C=O) groups excluding carboxylic acids is 2. The van der Waals surface area contributed by atoms with Crippen LogP contribution in [0.4, 0.5) is 5.69 Å². The number of rotatable bonds is 6. The minimum Gasteiger partial charge on any atom is -0.387 e. The van der Waals surface area contributed by atoms with Gasteiger partial charge >= 0.3 is 0 Å². The molecule has 3 aromatic rings. The fourth-order valence-electron chi connectivity index (χ4n) is 3.83. The minimum absolute atomic E-state index is 0.299. The predicted molar refractivity (Wildman–Crippen MR) is 120 cm³/mol. The van der Waals surface area contributed by atoms with Crippen LogP contribution in [0.5, 0.6) is 0 Å². The lowest BCUT2D eigenvalue weighted by Crippen LogP contribution is -2.31. The van der Waals surface area contributed by atoms with Crippen LogP contribution in [-0.4, -0.2) is 39.8 Å². The van der Waals surface area contributed by atoms with Gasteiger partial charge in [-0.05, 0) is 73.0 Å². The maximum atomic E-state index is 13.3. The highest BCUT2D eigenvalue weighted by atomic mass is 32.3. The van der Waals surface area contributed by atoms with Crippen molar-refractivity contribution in [3.63, 3.8) is 0 Å². The zero-order valence-electron chi connectivity index (χ0n) is 17.2. The minimum atomic E-state index is -2.26. The maximum Gasteiger partial charge on any atom is 0.258 e. The fourth-order valence-corrected chi connectivity index (χ4v) is 6.32. The summed E-state index contributed by atoms with van der Waals surface area (Å²) in [5, 5.41) is 12.8. The van der Waals surface area contributed by atoms with Crippen molar-refractivity contribution >= 4 is 27.7 Å². The lowest BCUT2D eigenvalue weighted by atomic mass is 10.1. The molecule has 7 nitrogen and oxygen atoms in total. The van der Waals surface area contributed by atoms with E-state index in [2.05, 4.69) is 26.1 Å². The second kappa shape index (κ2) is 8.87. The SMILES string of the molecule is CS(NC(=O)CO)(c1ccncc1)c1ncccc1C(=O)Nc1ccc2c(c1)CCC2. The Hall–Kier alpha value is -3.23. The van der Waals surface area contributed by atoms with Crippen molar-refractivity contribution in [3.8, 4) is 0 Å². The highest BCUT2D eigenvalue weighted by molar-refractivity contribution is 8.32. The number of aliphatic hydroxyl groups is 1. The maximum absolute atomic E-state index is 13.3. The molecule has 1 atom stereocenters. The van der Waals surface area contributed by atoms with E-state index in [1.54, 1.807) is 42.9 Å². The van der Waals surface area contributed by atoms with Crippen molar-refractivity contribution in [2.75, 3.05) is 18.2 Å². The molecule has 0 saturated carbocycles. The first-order valence-electron chi connectivity index (χ1n) is 9.99. The van der Waals surface area contributed by atoms with Gasteiger partial charge in [-0.1, -0.05) is 16.3 Å². The van der Waals surface area contributed by atoms with Gasteiger partial charge in [0.2, 0.25) is 0 Å². The quantitative estimate of drug-likeness (QED) is 0.551. The van der Waals surface area contributed by atoms with Crippen LogP contribution < -0.4 is 10.0 Å². The van der Waals surface area contributed by atoms with Gasteiger partial charge in [0.05, 0.1) is 5.56 Å². The molecule has 2 amide bonds. The van der Waals surface area contributed by atoms with Gasteiger partial charge in [0.15, 0.2) is 0 Å². The first-order valence-corrected chi connectivity index (χ1v) is 12.0. The van der Waals surface area contributed by atoms with Gasteiger partial charge in [-0.3, -0.25) is 14.6 Å². The Morgan fingerprint density at radius 1 is 1.06 bits per heavy atom. The van der Waals surface area contributed by atoms with Gasteiger partial charge in [0, 0.05) is 29.2 Å². The monoisotopic (exact) mass is 436 g/mol. The predicted octanol–water partition coefficient (Wildman–Crippen LogP) is 3.09. The first kappa shape index (κ1) is 21.0. The van der Waals surface area contributed by atoms with E-state index in [1.165, 1.54) is 11.1 Å². The summed E-state index contributed by atoms with van der Waals surface area (Å²) in [6.45, 7) is -0.656. The molecule has 4 rings (SSSR count). The van der Waals surface area contributed by atoms with E-state index in [0.717, 1.165) is 29.8 Å². The lowest BCUT2D eigenvalue weighted by Gasteiger charge is -2.37. The molecule has 1 aliphatic carbocycles. The Morgan fingerprint density at radius 3 is 2.61 bits per heavy atom. The van der Waals surface area contributed by atoms with Crippen LogP contribution in [0.15, 0.2) is 71.0 Å². The van der Waals surface area contributed by atoms with Gasteiger partial charge in [0.25, 0.3) is 11.8 Å². The molecule has 8 heteroatoms. The number of fused-ring (bicyclic) bond motifs is 1. The summed E-state index contributed by atoms with van der Waals surface area (Å²) in [6.07, 6.45) is 9.92. The number of aryl methyl sites for hydroxylation is 2. The molecule has 2 aromatic heterocycles. The number of hydrogen-bond donors (Lipinski definition) is 3. The third kappa shape index (κ3) is 4.30. The number of anilines is 1. The Balaban J connectivity index is 1.72. The van der Waals surface area contributed by atoms with Gasteiger partial charge < -0.3 is 15.1 Å². The number of pyridine rings is 2. The van der Waals surface area contributed by atoms with Crippen LogP contribution in [0.25, 0.3) is 0 Å². The van der Waals surface area contributed by atoms with E-state index in [9.17, 15) is 14.7 Å². The number of amides is 2. The Labute approximate surface area is 182 Å². The number of hydrogen-bond acceptors (Lipinski definition) is 5. The van der Waals surface area contributed by atoms with E-state index in [0.29, 0.717) is 10.6 Å². The molecule has 0 aliphatic heterocycles. The second-order valence-electron chi connectivity index (χ2n) is 7.43. The molecule has 1 unspecified atom stereocenters. The van der Waals surface area contributed by atoms with Crippen molar-refractivity contribution in [3.05, 3.63) is 77.7 Å². The highest BCUT2D eigenvalue weighted by Crippen LogP contribution is 2.56. The van der Waals surface area contributed by atoms with E-state index in [4.69, 9.17) is 0 Å². The van der Waals surface area contributed by atoms with Crippen molar-refractivity contribution in [1.29, 1.82) is 0 Å². The Bertz CT molecular complexity index is 1120. The van der Waals surface area contributed by atoms with Gasteiger partial charge in [0.1, 0.15) is 11.6 Å². The molecule has 2 heterocycles. The molecular formula is C23H24N4O3S. The average molecular weight is 437 g/mol. The van der Waals surface area contributed by atoms with Crippen LogP contribution in [0.3, 0.4) is 0 Å². The van der Waals surface area contributed by atoms with Gasteiger partial charge in [-0.15, -0.1) is 0 Å². The summed E-state index contributed by atoms with van der Waals surface area (Å²) in [7, 11) is -2.26. The molecule has 0 bridgehead atoms. The smallest absolute Gasteiger partial charge is 0.258 e. The van der Waals surface area contributed by atoms with Crippen molar-refractivity contribution in [1.82, 2.24) is 14.7 Å². The highest BCUT2D eigenvalue weighted by Gasteiger charge is 2.31. The number of aromatic nitrogens is 2. The molecule has 3 N–H and O–H groups in total. The van der Waals surface area contributed by atoms with E-state index >= 15 is 0 Å². The summed E-state index contributed by atoms with van der Waals surface area (Å²) >= 11 is 0. The van der Waals surface area contributed by atoms with E-state index in [1.807, 2.05) is 18.4 Å². The largest absolute Gasteiger partial charge is 0.387 e. The topological polar surface area (TPSA) is 104 Å². The van der Waals surface area contributed by atoms with Gasteiger partial charge in [-0.25, -0.2) is 4.98 Å². The average Bonchev–Trinajstić information content (AvgIpc) is 3.27. The summed E-state index contributed by atoms with van der Waals surface area (Å²) < 4.78 is 2.89. The molecule has 0 saturated heterocycles. The van der Waals surface area contributed by atoms with Crippen molar-refractivity contribution < 1.29 is 14.7 Å². The summed E-state index contributed by atoms with van der Waals surface area (Å²) in [5.41, 5.74) is 3.71. The zero-order chi connectivity index (χ0) is 21.8. The zero-order valence-corrected chi connectivity index (χ0v) is 18.0. The lowest BCUT2D eigenvalue weighted by molar-refractivity contribution is -0.121. The molecule has 160 valence electrons. The summed E-state index contributed by atoms with van der Waals surface area (Å²) in [6, 6.07) is 13.0. The molecule has 1 aliphatic rings. The normalized spacial score (nSPS) is 15.4. The molecule has 0 spiro atoms. The van der Waals surface area contributed by atoms with Crippen LogP contribution in [0.1, 0.15) is 27.9 Å². The third-order valence-corrected chi connectivity index (χ3v) is 8.29. The molecule has 1 aromatic carbocycles. The fraction of sp³-hybridized carbons (Fsp3) is 0.217. The number of aliphatic hydroxyl groups excluding tert-OH is 1. The standard InChI is InChI=1S/C23H24N4O3S/c1-31(27-21(29)15-28,19-9-12-24-13-10-19)23-20(6-3-11-25-23)22(30)26-18-8-7-16-4-2-5-17(16)14-18/h3,6-14,28H,2,4-5,15H2,1H3,(H,26,30)(H,27,29). The number of nitrogens with one attached hydrogen (secondary N) is 2. The third-order valence-electron chi connectivity index (χ3n) is 5.34. The molecular weight excluding hydrogens is 412 g/mol. The van der Waals surface area contributed by atoms with Crippen LogP contribution >= 0.6 is 10.2 Å². The van der Waals surface area contributed by atoms with Crippen LogP contribution in [0.2, 0.25) is 0 Å². The molecule has 31 heavy (non-hydrogen) atoms. The van der Waals surface area contributed by atoms with Crippen LogP contribution in [0, 0.1) is 0 Å². The first-order chi connectivity index (χ1) is 15.0. The second-order valence-corrected chi connectivity index (χ2v) is 10.3. The summed E-state index contributed by atoms with van der Waals surface area (Å²) in [4.78, 5) is 34.7. The van der Waals surface area contributed by atoms with E-state index in [-0.39, 0.29) is 5.91 Å². The van der Waals surface area contributed by atoms with Crippen LogP contribution in [-0.2, 0) is 17.6 Å². The van der Waals surface area contributed by atoms with Gasteiger partial charge in [-0.2, -0.15) is 0 Å². The Kier molecular flexibility index (Phi) is 6.01. The molecule has 0 fully saturated rings. The molecule has 0 radical (unpaired) electrons.